The summed E-state index contributed by atoms with van der Waals surface area (Å²) in [5, 5.41) is 0. The molecular weight excluding hydrogens is 294 g/mol. The monoisotopic (exact) mass is 294 g/mol. The Morgan fingerprint density at radius 1 is 0.625 bits per heavy atom. The van der Waals surface area contributed by atoms with Crippen LogP contribution in [0.2, 0.25) is 0 Å². The lowest BCUT2D eigenvalue weighted by molar-refractivity contribution is -0.118. The second kappa shape index (κ2) is 6.41. The molecule has 16 heavy (non-hydrogen) atoms. The molecule has 0 aromatic rings. The van der Waals surface area contributed by atoms with Crippen LogP contribution >= 0.6 is 0 Å². The minimum absolute atomic E-state index is 1.33. The Balaban J connectivity index is 0. The molecule has 0 N–H and O–H groups in total. The summed E-state index contributed by atoms with van der Waals surface area (Å²) >= 11 is 0. The van der Waals surface area contributed by atoms with E-state index in [0.717, 1.165) is 0 Å². The second-order valence-electron chi connectivity index (χ2n) is 1.55. The van der Waals surface area contributed by atoms with Gasteiger partial charge in [-0.2, -0.15) is 16.8 Å². The first-order valence-electron chi connectivity index (χ1n) is 2.61. The summed E-state index contributed by atoms with van der Waals surface area (Å²) in [7, 11) is -6.77. The molecule has 0 fully saturated rings. The summed E-state index contributed by atoms with van der Waals surface area (Å²) in [5.74, 6) is 0. The van der Waals surface area contributed by atoms with E-state index in [1.165, 1.54) is 8.73 Å². The lowest BCUT2D eigenvalue weighted by atomic mass is 11.3. The van der Waals surface area contributed by atoms with Crippen molar-refractivity contribution in [2.75, 3.05) is 0 Å². The molecule has 0 atom stereocenters. The van der Waals surface area contributed by atoms with Crippen LogP contribution in [0.15, 0.2) is 8.73 Å². The van der Waals surface area contributed by atoms with Crippen LogP contribution in [-0.2, 0) is 21.0 Å². The molecule has 0 aliphatic carbocycles. The van der Waals surface area contributed by atoms with Gasteiger partial charge in [-0.05, 0) is 0 Å². The van der Waals surface area contributed by atoms with Crippen LogP contribution < -0.4 is 0 Å². The maximum Gasteiger partial charge on any atom is 0.517 e. The van der Waals surface area contributed by atoms with Crippen LogP contribution in [0.5, 0.6) is 0 Å². The summed E-state index contributed by atoms with van der Waals surface area (Å²) in [6, 6.07) is 0. The van der Waals surface area contributed by atoms with Crippen molar-refractivity contribution in [3.05, 3.63) is 0 Å². The van der Waals surface area contributed by atoms with Gasteiger partial charge in [0.1, 0.15) is 0 Å². The molecule has 96 valence electrons. The summed E-state index contributed by atoms with van der Waals surface area (Å²) in [6.45, 7) is 0. The predicted octanol–water partition coefficient (Wildman–Crippen LogP) is 1.14. The van der Waals surface area contributed by atoms with Crippen molar-refractivity contribution in [2.24, 2.45) is 8.73 Å². The molecule has 0 heterocycles. The third-order valence-corrected chi connectivity index (χ3v) is 1.07. The first-order valence-corrected chi connectivity index (χ1v) is 4.68. The topological polar surface area (TPSA) is 93.0 Å². The van der Waals surface area contributed by atoms with Crippen LogP contribution in [0.3, 0.4) is 0 Å². The van der Waals surface area contributed by atoms with Crippen molar-refractivity contribution < 1.29 is 43.2 Å². The van der Waals surface area contributed by atoms with Gasteiger partial charge in [-0.15, -0.1) is 26.3 Å². The maximum absolute atomic E-state index is 10.7. The van der Waals surface area contributed by atoms with Crippen molar-refractivity contribution in [2.45, 2.75) is 12.6 Å². The molecule has 0 aromatic carbocycles. The molecule has 0 aliphatic rings. The first-order chi connectivity index (χ1) is 6.83. The second-order valence-corrected chi connectivity index (χ2v) is 2.79. The standard InChI is InChI=1S/2CF3NO2S/c2*2-1(3,4)5-8(6)7. The Kier molecular flexibility index (Phi) is 6.90. The van der Waals surface area contributed by atoms with E-state index in [9.17, 15) is 26.3 Å². The van der Waals surface area contributed by atoms with Gasteiger partial charge in [0, 0.05) is 0 Å². The molecule has 0 bridgehead atoms. The highest BCUT2D eigenvalue weighted by molar-refractivity contribution is 7.61. The SMILES string of the molecule is O=S(=O)=NC(F)(F)F.O=S(=O)=NC(F)(F)F. The molecule has 14 heteroatoms. The minimum Gasteiger partial charge on any atom is -0.163 e. The fourth-order valence-electron chi connectivity index (χ4n) is 0.169. The van der Waals surface area contributed by atoms with Crippen molar-refractivity contribution >= 4 is 21.0 Å². The normalized spacial score (nSPS) is 10.9. The van der Waals surface area contributed by atoms with E-state index in [1.807, 2.05) is 0 Å². The number of hydrogen-bond donors (Lipinski definition) is 0. The molecule has 0 amide bonds. The van der Waals surface area contributed by atoms with Gasteiger partial charge in [-0.1, -0.05) is 8.73 Å². The van der Waals surface area contributed by atoms with Crippen molar-refractivity contribution in [3.8, 4) is 0 Å². The summed E-state index contributed by atoms with van der Waals surface area (Å²) < 4.78 is 104. The molecule has 0 rings (SSSR count). The van der Waals surface area contributed by atoms with Crippen molar-refractivity contribution in [3.63, 3.8) is 0 Å². The van der Waals surface area contributed by atoms with Gasteiger partial charge in [0.05, 0.1) is 0 Å². The zero-order valence-electron chi connectivity index (χ0n) is 6.61. The van der Waals surface area contributed by atoms with E-state index in [2.05, 4.69) is 0 Å². The number of halogens is 6. The summed E-state index contributed by atoms with van der Waals surface area (Å²) in [5.41, 5.74) is 0. The lowest BCUT2D eigenvalue weighted by Gasteiger charge is -1.88. The van der Waals surface area contributed by atoms with Gasteiger partial charge in [0.25, 0.3) is 0 Å². The highest BCUT2D eigenvalue weighted by Crippen LogP contribution is 2.15. The van der Waals surface area contributed by atoms with Crippen LogP contribution in [-0.4, -0.2) is 29.4 Å². The molecule has 0 aliphatic heterocycles. The number of nitrogens with zero attached hydrogens (tertiary/aromatic N) is 2. The summed E-state index contributed by atoms with van der Waals surface area (Å²) in [6.07, 6.45) is -9.93. The van der Waals surface area contributed by atoms with Crippen molar-refractivity contribution in [1.82, 2.24) is 0 Å². The van der Waals surface area contributed by atoms with Crippen LogP contribution in [0.25, 0.3) is 0 Å². The van der Waals surface area contributed by atoms with Gasteiger partial charge in [-0.25, -0.2) is 0 Å². The molecule has 0 unspecified atom stereocenters. The Hall–Kier alpha value is -1.18. The van der Waals surface area contributed by atoms with Gasteiger partial charge in [-0.3, -0.25) is 0 Å². The van der Waals surface area contributed by atoms with Crippen LogP contribution in [0.4, 0.5) is 26.3 Å². The van der Waals surface area contributed by atoms with Crippen LogP contribution in [0, 0.1) is 0 Å². The number of rotatable bonds is 0. The molecule has 0 aromatic heterocycles. The highest BCUT2D eigenvalue weighted by atomic mass is 32.2. The molecular formula is C2F6N2O4S2. The highest BCUT2D eigenvalue weighted by Gasteiger charge is 2.27. The zero-order valence-corrected chi connectivity index (χ0v) is 8.24. The average Bonchev–Trinajstić information content (AvgIpc) is 1.72. The van der Waals surface area contributed by atoms with Gasteiger partial charge in [0.2, 0.25) is 0 Å². The lowest BCUT2D eigenvalue weighted by Crippen LogP contribution is -1.99. The summed E-state index contributed by atoms with van der Waals surface area (Å²) in [4.78, 5) is 0. The third kappa shape index (κ3) is 23.0. The zero-order chi connectivity index (χ0) is 13.6. The smallest absolute Gasteiger partial charge is 0.163 e. The Labute approximate surface area is 86.3 Å². The molecule has 0 saturated heterocycles. The molecule has 0 spiro atoms. The quantitative estimate of drug-likeness (QED) is 0.494. The number of hydrogen-bond acceptors (Lipinski definition) is 6. The van der Waals surface area contributed by atoms with Crippen molar-refractivity contribution in [1.29, 1.82) is 0 Å². The van der Waals surface area contributed by atoms with Gasteiger partial charge >= 0.3 is 33.6 Å². The largest absolute Gasteiger partial charge is 0.517 e. The number of alkyl halides is 6. The average molecular weight is 294 g/mol. The van der Waals surface area contributed by atoms with E-state index in [1.54, 1.807) is 0 Å². The molecule has 6 nitrogen and oxygen atoms in total. The minimum atomic E-state index is -4.97. The first kappa shape index (κ1) is 17.2. The molecule has 0 radical (unpaired) electrons. The van der Waals surface area contributed by atoms with E-state index in [-0.39, 0.29) is 0 Å². The maximum atomic E-state index is 10.7. The Bertz CT molecular complexity index is 406. The van der Waals surface area contributed by atoms with Gasteiger partial charge in [0.15, 0.2) is 0 Å². The van der Waals surface area contributed by atoms with Crippen LogP contribution in [0.1, 0.15) is 0 Å². The molecule has 0 saturated carbocycles. The fourth-order valence-corrected chi connectivity index (χ4v) is 0.507. The Morgan fingerprint density at radius 2 is 0.812 bits per heavy atom. The fraction of sp³-hybridized carbons (Fsp3) is 1.00. The van der Waals surface area contributed by atoms with E-state index >= 15 is 0 Å². The predicted molar refractivity (Wildman–Crippen MR) is 34.8 cm³/mol. The van der Waals surface area contributed by atoms with E-state index in [4.69, 9.17) is 16.8 Å². The van der Waals surface area contributed by atoms with Gasteiger partial charge < -0.3 is 0 Å². The van der Waals surface area contributed by atoms with E-state index < -0.39 is 33.6 Å². The third-order valence-electron chi connectivity index (χ3n) is 0.356. The Morgan fingerprint density at radius 3 is 0.812 bits per heavy atom. The van der Waals surface area contributed by atoms with E-state index in [0.29, 0.717) is 0 Å².